The van der Waals surface area contributed by atoms with E-state index in [2.05, 4.69) is 17.6 Å². The molecule has 3 unspecified atom stereocenters. The van der Waals surface area contributed by atoms with Gasteiger partial charge in [-0.3, -0.25) is 4.79 Å². The maximum atomic E-state index is 11.9. The van der Waals surface area contributed by atoms with Crippen LogP contribution in [-0.4, -0.2) is 36.2 Å². The molecule has 1 fully saturated rings. The molecule has 1 heterocycles. The van der Waals surface area contributed by atoms with Gasteiger partial charge in [-0.05, 0) is 25.8 Å². The van der Waals surface area contributed by atoms with Gasteiger partial charge in [0.25, 0.3) is 0 Å². The van der Waals surface area contributed by atoms with Crippen LogP contribution in [0.15, 0.2) is 0 Å². The first-order chi connectivity index (χ1) is 7.02. The van der Waals surface area contributed by atoms with Crippen molar-refractivity contribution in [1.82, 2.24) is 10.6 Å². The van der Waals surface area contributed by atoms with Crippen molar-refractivity contribution >= 4 is 5.91 Å². The second-order valence-electron chi connectivity index (χ2n) is 4.80. The highest BCUT2D eigenvalue weighted by molar-refractivity contribution is 5.80. The predicted molar refractivity (Wildman–Crippen MR) is 59.4 cm³/mol. The zero-order chi connectivity index (χ0) is 11.5. The fourth-order valence-corrected chi connectivity index (χ4v) is 1.79. The number of carbonyl (C=O) groups excluding carboxylic acids is 1. The lowest BCUT2D eigenvalue weighted by Crippen LogP contribution is -2.51. The maximum Gasteiger partial charge on any atom is 0.225 e. The summed E-state index contributed by atoms with van der Waals surface area (Å²) in [5.41, 5.74) is -0.473. The molecule has 4 nitrogen and oxygen atoms in total. The molecule has 3 atom stereocenters. The van der Waals surface area contributed by atoms with E-state index in [0.29, 0.717) is 5.92 Å². The second kappa shape index (κ2) is 4.94. The van der Waals surface area contributed by atoms with Crippen molar-refractivity contribution in [2.75, 3.05) is 19.7 Å². The number of aliphatic hydroxyl groups is 1. The third kappa shape index (κ3) is 2.92. The third-order valence-electron chi connectivity index (χ3n) is 3.41. The van der Waals surface area contributed by atoms with Gasteiger partial charge in [-0.25, -0.2) is 0 Å². The molecule has 1 aliphatic rings. The van der Waals surface area contributed by atoms with Crippen LogP contribution in [0, 0.1) is 11.8 Å². The Balaban J connectivity index is 2.54. The van der Waals surface area contributed by atoms with Crippen LogP contribution in [0.2, 0.25) is 0 Å². The van der Waals surface area contributed by atoms with Gasteiger partial charge in [-0.1, -0.05) is 13.8 Å². The van der Waals surface area contributed by atoms with Crippen LogP contribution >= 0.6 is 0 Å². The predicted octanol–water partition coefficient (Wildman–Crippen LogP) is 0.119. The first kappa shape index (κ1) is 12.5. The van der Waals surface area contributed by atoms with E-state index < -0.39 is 5.54 Å². The van der Waals surface area contributed by atoms with Gasteiger partial charge < -0.3 is 15.7 Å². The molecule has 1 aliphatic heterocycles. The molecule has 0 radical (unpaired) electrons. The molecule has 0 bridgehead atoms. The van der Waals surface area contributed by atoms with Gasteiger partial charge >= 0.3 is 0 Å². The number of carbonyl (C=O) groups is 1. The Bertz CT molecular complexity index is 227. The van der Waals surface area contributed by atoms with Gasteiger partial charge in [0.05, 0.1) is 18.1 Å². The number of hydrogen-bond acceptors (Lipinski definition) is 3. The summed E-state index contributed by atoms with van der Waals surface area (Å²) in [6.07, 6.45) is 0.740. The highest BCUT2D eigenvalue weighted by Gasteiger charge is 2.33. The van der Waals surface area contributed by atoms with Crippen molar-refractivity contribution in [3.63, 3.8) is 0 Å². The Hall–Kier alpha value is -0.610. The van der Waals surface area contributed by atoms with Crippen LogP contribution in [-0.2, 0) is 4.79 Å². The Morgan fingerprint density at radius 3 is 2.67 bits per heavy atom. The van der Waals surface area contributed by atoms with Crippen LogP contribution in [0.1, 0.15) is 27.2 Å². The highest BCUT2D eigenvalue weighted by atomic mass is 16.3. The number of hydrogen-bond donors (Lipinski definition) is 3. The molecule has 0 aromatic carbocycles. The van der Waals surface area contributed by atoms with E-state index in [0.717, 1.165) is 19.5 Å². The molecule has 1 rings (SSSR count). The quantitative estimate of drug-likeness (QED) is 0.623. The second-order valence-corrected chi connectivity index (χ2v) is 4.80. The summed E-state index contributed by atoms with van der Waals surface area (Å²) in [5.74, 6) is 0.484. The van der Waals surface area contributed by atoms with Gasteiger partial charge in [-0.2, -0.15) is 0 Å². The molecule has 0 aliphatic carbocycles. The minimum Gasteiger partial charge on any atom is -0.394 e. The minimum atomic E-state index is -0.473. The van der Waals surface area contributed by atoms with E-state index in [4.69, 9.17) is 0 Å². The molecule has 1 saturated heterocycles. The summed E-state index contributed by atoms with van der Waals surface area (Å²) in [6, 6.07) is 0. The molecule has 1 amide bonds. The van der Waals surface area contributed by atoms with E-state index in [-0.39, 0.29) is 18.4 Å². The van der Waals surface area contributed by atoms with Gasteiger partial charge in [0, 0.05) is 6.54 Å². The molecular weight excluding hydrogens is 192 g/mol. The SMILES string of the molecule is CCC(C)(CO)NC(=O)C1CNCC1C. The monoisotopic (exact) mass is 214 g/mol. The summed E-state index contributed by atoms with van der Waals surface area (Å²) in [7, 11) is 0. The Labute approximate surface area is 91.4 Å². The van der Waals surface area contributed by atoms with Crippen molar-refractivity contribution in [3.8, 4) is 0 Å². The number of amides is 1. The van der Waals surface area contributed by atoms with Crippen LogP contribution in [0.4, 0.5) is 0 Å². The van der Waals surface area contributed by atoms with Crippen molar-refractivity contribution in [3.05, 3.63) is 0 Å². The van der Waals surface area contributed by atoms with Crippen molar-refractivity contribution < 1.29 is 9.90 Å². The van der Waals surface area contributed by atoms with E-state index in [1.54, 1.807) is 0 Å². The average Bonchev–Trinajstić information content (AvgIpc) is 2.64. The molecule has 0 aromatic rings. The molecular formula is C11H22N2O2. The van der Waals surface area contributed by atoms with E-state index >= 15 is 0 Å². The minimum absolute atomic E-state index is 0.0101. The molecule has 0 aromatic heterocycles. The molecule has 15 heavy (non-hydrogen) atoms. The van der Waals surface area contributed by atoms with Gasteiger partial charge in [0.15, 0.2) is 0 Å². The zero-order valence-corrected chi connectivity index (χ0v) is 9.84. The first-order valence-electron chi connectivity index (χ1n) is 5.66. The summed E-state index contributed by atoms with van der Waals surface area (Å²) < 4.78 is 0. The van der Waals surface area contributed by atoms with Crippen molar-refractivity contribution in [2.45, 2.75) is 32.7 Å². The highest BCUT2D eigenvalue weighted by Crippen LogP contribution is 2.18. The van der Waals surface area contributed by atoms with E-state index in [1.807, 2.05) is 13.8 Å². The summed E-state index contributed by atoms with van der Waals surface area (Å²) in [5, 5.41) is 15.4. The third-order valence-corrected chi connectivity index (χ3v) is 3.41. The van der Waals surface area contributed by atoms with E-state index in [9.17, 15) is 9.90 Å². The fraction of sp³-hybridized carbons (Fsp3) is 0.909. The van der Waals surface area contributed by atoms with Crippen LogP contribution in [0.25, 0.3) is 0 Å². The lowest BCUT2D eigenvalue weighted by Gasteiger charge is -2.29. The van der Waals surface area contributed by atoms with Gasteiger partial charge in [0.2, 0.25) is 5.91 Å². The molecule has 88 valence electrons. The van der Waals surface area contributed by atoms with Crippen molar-refractivity contribution in [1.29, 1.82) is 0 Å². The van der Waals surface area contributed by atoms with Crippen LogP contribution < -0.4 is 10.6 Å². The zero-order valence-electron chi connectivity index (χ0n) is 9.84. The Kier molecular flexibility index (Phi) is 4.11. The van der Waals surface area contributed by atoms with Gasteiger partial charge in [0.1, 0.15) is 0 Å². The molecule has 4 heteroatoms. The summed E-state index contributed by atoms with van der Waals surface area (Å²) >= 11 is 0. The number of rotatable bonds is 4. The van der Waals surface area contributed by atoms with E-state index in [1.165, 1.54) is 0 Å². The largest absolute Gasteiger partial charge is 0.394 e. The van der Waals surface area contributed by atoms with Crippen LogP contribution in [0.3, 0.4) is 0 Å². The average molecular weight is 214 g/mol. The lowest BCUT2D eigenvalue weighted by atomic mass is 9.94. The molecule has 0 spiro atoms. The van der Waals surface area contributed by atoms with Gasteiger partial charge in [-0.15, -0.1) is 0 Å². The first-order valence-corrected chi connectivity index (χ1v) is 5.66. The smallest absolute Gasteiger partial charge is 0.225 e. The lowest BCUT2D eigenvalue weighted by molar-refractivity contribution is -0.127. The Morgan fingerprint density at radius 2 is 2.27 bits per heavy atom. The Morgan fingerprint density at radius 1 is 1.60 bits per heavy atom. The number of nitrogens with one attached hydrogen (secondary N) is 2. The van der Waals surface area contributed by atoms with Crippen molar-refractivity contribution in [2.24, 2.45) is 11.8 Å². The summed E-state index contributed by atoms with van der Waals surface area (Å²) in [6.45, 7) is 7.55. The summed E-state index contributed by atoms with van der Waals surface area (Å²) in [4.78, 5) is 11.9. The van der Waals surface area contributed by atoms with Crippen LogP contribution in [0.5, 0.6) is 0 Å². The molecule has 0 saturated carbocycles. The standard InChI is InChI=1S/C11H22N2O2/c1-4-11(3,7-14)13-10(15)9-6-12-5-8(9)2/h8-9,12,14H,4-7H2,1-3H3,(H,13,15). The molecule has 3 N–H and O–H groups in total. The maximum absolute atomic E-state index is 11.9. The normalized spacial score (nSPS) is 29.9. The fourth-order valence-electron chi connectivity index (χ4n) is 1.79. The topological polar surface area (TPSA) is 61.4 Å². The number of aliphatic hydroxyl groups excluding tert-OH is 1.